The van der Waals surface area contributed by atoms with Crippen molar-refractivity contribution >= 4 is 5.91 Å². The molecule has 2 fully saturated rings. The third kappa shape index (κ3) is 2.10. The second-order valence-corrected chi connectivity index (χ2v) is 7.22. The Morgan fingerprint density at radius 2 is 2.14 bits per heavy atom. The van der Waals surface area contributed by atoms with Crippen LogP contribution in [0.2, 0.25) is 0 Å². The Morgan fingerprint density at radius 3 is 2.95 bits per heavy atom. The number of likely N-dealkylation sites (tertiary alicyclic amines) is 1. The summed E-state index contributed by atoms with van der Waals surface area (Å²) in [6.45, 7) is 1.38. The monoisotopic (exact) mass is 301 g/mol. The predicted molar refractivity (Wildman–Crippen MR) is 83.9 cm³/mol. The van der Waals surface area contributed by atoms with Crippen LogP contribution in [0.25, 0.3) is 0 Å². The third-order valence-corrected chi connectivity index (χ3v) is 5.79. The number of fused-ring (bicyclic) bond motifs is 2. The fourth-order valence-electron chi connectivity index (χ4n) is 4.60. The molecule has 3 N–H and O–H groups in total. The molecule has 2 atom stereocenters. The van der Waals surface area contributed by atoms with E-state index in [0.29, 0.717) is 18.0 Å². The zero-order chi connectivity index (χ0) is 15.3. The summed E-state index contributed by atoms with van der Waals surface area (Å²) in [5.41, 5.74) is 8.75. The number of nitrogens with two attached hydrogens (primary N) is 1. The highest BCUT2D eigenvalue weighted by Gasteiger charge is 2.48. The summed E-state index contributed by atoms with van der Waals surface area (Å²) in [5.74, 6) is 0.428. The lowest BCUT2D eigenvalue weighted by Gasteiger charge is -2.24. The fraction of sp³-hybridized carbons (Fsp3) is 0.647. The van der Waals surface area contributed by atoms with Gasteiger partial charge in [-0.1, -0.05) is 6.42 Å². The lowest BCUT2D eigenvalue weighted by atomic mass is 9.91. The van der Waals surface area contributed by atoms with Crippen LogP contribution in [0.5, 0.6) is 0 Å². The summed E-state index contributed by atoms with van der Waals surface area (Å²) in [7, 11) is 0. The van der Waals surface area contributed by atoms with Crippen LogP contribution < -0.4 is 11.3 Å². The Morgan fingerprint density at radius 1 is 1.32 bits per heavy atom. The zero-order valence-corrected chi connectivity index (χ0v) is 12.9. The molecule has 0 radical (unpaired) electrons. The second kappa shape index (κ2) is 4.95. The minimum absolute atomic E-state index is 0.00322. The van der Waals surface area contributed by atoms with Crippen LogP contribution in [0.3, 0.4) is 0 Å². The average Bonchev–Trinajstić information content (AvgIpc) is 3.00. The number of hydrogen-bond donors (Lipinski definition) is 2. The average molecular weight is 301 g/mol. The molecule has 1 saturated carbocycles. The van der Waals surface area contributed by atoms with Crippen molar-refractivity contribution in [2.24, 2.45) is 11.7 Å². The van der Waals surface area contributed by atoms with Crippen LogP contribution in [0.15, 0.2) is 10.9 Å². The number of nitrogens with one attached hydrogen (secondary N) is 1. The summed E-state index contributed by atoms with van der Waals surface area (Å²) in [6.07, 6.45) is 7.22. The normalized spacial score (nSPS) is 30.2. The van der Waals surface area contributed by atoms with Gasteiger partial charge in [-0.2, -0.15) is 0 Å². The minimum atomic E-state index is -0.197. The van der Waals surface area contributed by atoms with Crippen molar-refractivity contribution in [3.63, 3.8) is 0 Å². The topological polar surface area (TPSA) is 79.2 Å². The maximum Gasteiger partial charge on any atom is 0.254 e. The molecule has 0 bridgehead atoms. The molecule has 0 spiro atoms. The Bertz CT molecular complexity index is 681. The first-order valence-corrected chi connectivity index (χ1v) is 8.40. The summed E-state index contributed by atoms with van der Waals surface area (Å²) in [4.78, 5) is 29.6. The zero-order valence-electron chi connectivity index (χ0n) is 12.9. The Balaban J connectivity index is 1.67. The van der Waals surface area contributed by atoms with Crippen molar-refractivity contribution in [2.45, 2.75) is 50.5 Å². The number of aromatic amines is 1. The van der Waals surface area contributed by atoms with Gasteiger partial charge in [0, 0.05) is 36.0 Å². The molecule has 1 aliphatic heterocycles. The number of carbonyl (C=O) groups is 1. The summed E-state index contributed by atoms with van der Waals surface area (Å²) < 4.78 is 0. The maximum absolute atomic E-state index is 13.0. The number of pyridine rings is 1. The molecule has 1 amide bonds. The molecule has 3 aliphatic rings. The van der Waals surface area contributed by atoms with Crippen molar-refractivity contribution in [2.75, 3.05) is 13.1 Å². The number of carbonyl (C=O) groups excluding carboxylic acids is 1. The van der Waals surface area contributed by atoms with E-state index >= 15 is 0 Å². The van der Waals surface area contributed by atoms with E-state index in [0.717, 1.165) is 56.3 Å². The number of rotatable bonds is 1. The number of amides is 1. The van der Waals surface area contributed by atoms with Gasteiger partial charge >= 0.3 is 0 Å². The molecule has 118 valence electrons. The quantitative estimate of drug-likeness (QED) is 0.818. The van der Waals surface area contributed by atoms with Crippen LogP contribution >= 0.6 is 0 Å². The molecule has 22 heavy (non-hydrogen) atoms. The smallest absolute Gasteiger partial charge is 0.254 e. The van der Waals surface area contributed by atoms with Gasteiger partial charge in [-0.15, -0.1) is 0 Å². The first kappa shape index (κ1) is 14.0. The molecule has 5 heteroatoms. The molecule has 1 aromatic heterocycles. The highest BCUT2D eigenvalue weighted by molar-refractivity contribution is 5.96. The SMILES string of the molecule is NC12CCCC1CN(C(=O)c1cc(=O)[nH]c3c1CCCC3)C2. The number of hydrogen-bond acceptors (Lipinski definition) is 3. The van der Waals surface area contributed by atoms with Gasteiger partial charge in [0.25, 0.3) is 5.91 Å². The van der Waals surface area contributed by atoms with Crippen LogP contribution in [-0.2, 0) is 12.8 Å². The van der Waals surface area contributed by atoms with Gasteiger partial charge in [-0.25, -0.2) is 0 Å². The first-order valence-electron chi connectivity index (χ1n) is 8.40. The molecule has 2 aliphatic carbocycles. The fourth-order valence-corrected chi connectivity index (χ4v) is 4.60. The first-order chi connectivity index (χ1) is 10.6. The Kier molecular flexibility index (Phi) is 3.15. The van der Waals surface area contributed by atoms with Crippen molar-refractivity contribution in [3.05, 3.63) is 33.2 Å². The van der Waals surface area contributed by atoms with Gasteiger partial charge < -0.3 is 15.6 Å². The summed E-state index contributed by atoms with van der Waals surface area (Å²) >= 11 is 0. The molecule has 0 aromatic carbocycles. The van der Waals surface area contributed by atoms with Gasteiger partial charge in [0.05, 0.1) is 0 Å². The third-order valence-electron chi connectivity index (χ3n) is 5.79. The molecular weight excluding hydrogens is 278 g/mol. The number of nitrogens with zero attached hydrogens (tertiary/aromatic N) is 1. The van der Waals surface area contributed by atoms with Crippen LogP contribution in [0.4, 0.5) is 0 Å². The summed E-state index contributed by atoms with van der Waals surface area (Å²) in [6, 6.07) is 1.49. The van der Waals surface area contributed by atoms with E-state index in [1.807, 2.05) is 4.90 Å². The van der Waals surface area contributed by atoms with Crippen molar-refractivity contribution < 1.29 is 4.79 Å². The molecule has 5 nitrogen and oxygen atoms in total. The number of aromatic nitrogens is 1. The van der Waals surface area contributed by atoms with E-state index in [1.54, 1.807) is 0 Å². The largest absolute Gasteiger partial charge is 0.336 e. The molecule has 1 aromatic rings. The van der Waals surface area contributed by atoms with E-state index < -0.39 is 0 Å². The molecule has 4 rings (SSSR count). The van der Waals surface area contributed by atoms with Crippen molar-refractivity contribution in [1.82, 2.24) is 9.88 Å². The molecular formula is C17H23N3O2. The summed E-state index contributed by atoms with van der Waals surface area (Å²) in [5, 5.41) is 0. The van der Waals surface area contributed by atoms with Crippen LogP contribution in [0.1, 0.15) is 53.7 Å². The Labute approximate surface area is 129 Å². The van der Waals surface area contributed by atoms with Crippen LogP contribution in [-0.4, -0.2) is 34.4 Å². The van der Waals surface area contributed by atoms with Gasteiger partial charge in [0.15, 0.2) is 0 Å². The standard InChI is InChI=1S/C17H23N3O2/c18-17-7-3-4-11(17)9-20(10-17)16(22)13-8-15(21)19-14-6-2-1-5-12(13)14/h8,11H,1-7,9-10,18H2,(H,19,21). The van der Waals surface area contributed by atoms with E-state index in [9.17, 15) is 9.59 Å². The van der Waals surface area contributed by atoms with Gasteiger partial charge in [0.2, 0.25) is 5.56 Å². The minimum Gasteiger partial charge on any atom is -0.336 e. The van der Waals surface area contributed by atoms with Crippen molar-refractivity contribution in [1.29, 1.82) is 0 Å². The highest BCUT2D eigenvalue weighted by Crippen LogP contribution is 2.40. The van der Waals surface area contributed by atoms with Gasteiger partial charge in [0.1, 0.15) is 0 Å². The van der Waals surface area contributed by atoms with Gasteiger partial charge in [-0.05, 0) is 50.0 Å². The number of aryl methyl sites for hydroxylation is 1. The van der Waals surface area contributed by atoms with Crippen molar-refractivity contribution in [3.8, 4) is 0 Å². The highest BCUT2D eigenvalue weighted by atomic mass is 16.2. The Hall–Kier alpha value is -1.62. The van der Waals surface area contributed by atoms with Gasteiger partial charge in [-0.3, -0.25) is 9.59 Å². The molecule has 1 saturated heterocycles. The second-order valence-electron chi connectivity index (χ2n) is 7.22. The van der Waals surface area contributed by atoms with E-state index in [1.165, 1.54) is 12.5 Å². The molecule has 2 unspecified atom stereocenters. The van der Waals surface area contributed by atoms with E-state index in [4.69, 9.17) is 5.73 Å². The maximum atomic E-state index is 13.0. The molecule has 2 heterocycles. The lowest BCUT2D eigenvalue weighted by molar-refractivity contribution is 0.0776. The predicted octanol–water partition coefficient (Wildman–Crippen LogP) is 1.21. The lowest BCUT2D eigenvalue weighted by Crippen LogP contribution is -2.45. The van der Waals surface area contributed by atoms with E-state index in [2.05, 4.69) is 4.98 Å². The van der Waals surface area contributed by atoms with E-state index in [-0.39, 0.29) is 17.0 Å². The number of H-pyrrole nitrogens is 1. The van der Waals surface area contributed by atoms with Crippen LogP contribution in [0, 0.1) is 5.92 Å².